The third-order valence-corrected chi connectivity index (χ3v) is 5.18. The van der Waals surface area contributed by atoms with Crippen LogP contribution < -0.4 is 9.64 Å². The Kier molecular flexibility index (Phi) is 4.46. The Labute approximate surface area is 157 Å². The monoisotopic (exact) mass is 372 g/mol. The summed E-state index contributed by atoms with van der Waals surface area (Å²) in [5, 5.41) is 10.2. The van der Waals surface area contributed by atoms with Crippen LogP contribution in [-0.4, -0.2) is 39.7 Å². The molecule has 1 aliphatic rings. The average molecular weight is 373 g/mol. The van der Waals surface area contributed by atoms with Gasteiger partial charge >= 0.3 is 0 Å². The van der Waals surface area contributed by atoms with Crippen LogP contribution in [0.4, 0.5) is 5.82 Å². The molecular formula is C19H21ClN4O2. The molecule has 0 radical (unpaired) electrons. The molecule has 0 amide bonds. The summed E-state index contributed by atoms with van der Waals surface area (Å²) in [6, 6.07) is 5.54. The van der Waals surface area contributed by atoms with Gasteiger partial charge < -0.3 is 14.7 Å². The van der Waals surface area contributed by atoms with Gasteiger partial charge in [0.15, 0.2) is 0 Å². The molecule has 0 unspecified atom stereocenters. The minimum Gasteiger partial charge on any atom is -0.495 e. The van der Waals surface area contributed by atoms with Crippen LogP contribution in [-0.2, 0) is 6.61 Å². The molecule has 6 nitrogen and oxygen atoms in total. The minimum absolute atomic E-state index is 0.124. The number of aromatic nitrogens is 3. The van der Waals surface area contributed by atoms with Crippen LogP contribution >= 0.6 is 11.6 Å². The van der Waals surface area contributed by atoms with Gasteiger partial charge in [0, 0.05) is 31.0 Å². The van der Waals surface area contributed by atoms with E-state index in [1.807, 2.05) is 22.9 Å². The normalized spacial score (nSPS) is 17.2. The molecule has 3 aromatic rings. The van der Waals surface area contributed by atoms with E-state index >= 15 is 0 Å². The molecule has 1 saturated heterocycles. The second-order valence-corrected chi connectivity index (χ2v) is 7.17. The highest BCUT2D eigenvalue weighted by atomic mass is 35.5. The molecule has 2 aromatic heterocycles. The molecule has 1 aliphatic heterocycles. The van der Waals surface area contributed by atoms with Crippen molar-refractivity contribution < 1.29 is 9.84 Å². The highest BCUT2D eigenvalue weighted by Gasteiger charge is 2.20. The maximum Gasteiger partial charge on any atom is 0.236 e. The molecule has 1 atom stereocenters. The maximum atomic E-state index is 9.72. The van der Waals surface area contributed by atoms with Crippen LogP contribution in [0, 0.1) is 5.92 Å². The Morgan fingerprint density at radius 2 is 2.19 bits per heavy atom. The van der Waals surface area contributed by atoms with Crippen molar-refractivity contribution in [3.8, 4) is 17.0 Å². The molecule has 0 saturated carbocycles. The molecule has 4 rings (SSSR count). The number of aliphatic hydroxyl groups excluding tert-OH is 1. The van der Waals surface area contributed by atoms with Crippen LogP contribution in [0.5, 0.6) is 5.75 Å². The topological polar surface area (TPSA) is 62.9 Å². The fourth-order valence-electron chi connectivity index (χ4n) is 3.43. The number of ether oxygens (including phenoxy) is 1. The third-order valence-electron chi connectivity index (χ3n) is 4.88. The van der Waals surface area contributed by atoms with Crippen LogP contribution in [0.25, 0.3) is 17.0 Å². The Morgan fingerprint density at radius 1 is 1.35 bits per heavy atom. The van der Waals surface area contributed by atoms with Crippen molar-refractivity contribution in [1.29, 1.82) is 0 Å². The number of hydrogen-bond donors (Lipinski definition) is 1. The summed E-state index contributed by atoms with van der Waals surface area (Å²) >= 11 is 6.27. The van der Waals surface area contributed by atoms with Crippen LogP contribution in [0.1, 0.15) is 18.9 Å². The number of methoxy groups -OCH3 is 1. The van der Waals surface area contributed by atoms with Gasteiger partial charge in [-0.15, -0.1) is 0 Å². The molecule has 0 aliphatic carbocycles. The zero-order chi connectivity index (χ0) is 18.3. The molecule has 7 heteroatoms. The number of nitrogens with zero attached hydrogens (tertiary/aromatic N) is 4. The summed E-state index contributed by atoms with van der Waals surface area (Å²) in [5.74, 6) is 2.81. The van der Waals surface area contributed by atoms with Crippen molar-refractivity contribution in [2.24, 2.45) is 5.92 Å². The van der Waals surface area contributed by atoms with Gasteiger partial charge in [-0.1, -0.05) is 18.5 Å². The SMILES string of the molecule is COc1cc(CO)c(-c2cn3ccc(N4CC[C@@H](C)C4)nc3n2)cc1Cl. The quantitative estimate of drug-likeness (QED) is 0.760. The van der Waals surface area contributed by atoms with Gasteiger partial charge in [0.1, 0.15) is 11.6 Å². The zero-order valence-corrected chi connectivity index (χ0v) is 15.6. The summed E-state index contributed by atoms with van der Waals surface area (Å²) in [7, 11) is 1.55. The predicted octanol–water partition coefficient (Wildman–Crippen LogP) is 3.40. The maximum absolute atomic E-state index is 9.72. The van der Waals surface area contributed by atoms with Crippen LogP contribution in [0.3, 0.4) is 0 Å². The molecular weight excluding hydrogens is 352 g/mol. The number of halogens is 1. The van der Waals surface area contributed by atoms with Crippen molar-refractivity contribution in [2.75, 3.05) is 25.1 Å². The first-order valence-corrected chi connectivity index (χ1v) is 9.05. The fraction of sp³-hybridized carbons (Fsp3) is 0.368. The lowest BCUT2D eigenvalue weighted by atomic mass is 10.1. The molecule has 1 aromatic carbocycles. The second-order valence-electron chi connectivity index (χ2n) is 6.76. The number of aliphatic hydroxyl groups is 1. The third kappa shape index (κ3) is 2.99. The van der Waals surface area contributed by atoms with E-state index in [2.05, 4.69) is 16.8 Å². The highest BCUT2D eigenvalue weighted by Crippen LogP contribution is 2.34. The Bertz CT molecular complexity index is 956. The van der Waals surface area contributed by atoms with Gasteiger partial charge in [0.2, 0.25) is 5.78 Å². The van der Waals surface area contributed by atoms with Gasteiger partial charge in [-0.25, -0.2) is 4.98 Å². The number of rotatable bonds is 4. The molecule has 0 spiro atoms. The van der Waals surface area contributed by atoms with Gasteiger partial charge in [0.25, 0.3) is 0 Å². The Hall–Kier alpha value is -2.31. The minimum atomic E-state index is -0.124. The van der Waals surface area contributed by atoms with Crippen LogP contribution in [0.2, 0.25) is 5.02 Å². The number of anilines is 1. The lowest BCUT2D eigenvalue weighted by Gasteiger charge is -2.16. The van der Waals surface area contributed by atoms with Gasteiger partial charge in [-0.2, -0.15) is 4.98 Å². The molecule has 0 bridgehead atoms. The average Bonchev–Trinajstić information content (AvgIpc) is 3.26. The molecule has 1 fully saturated rings. The van der Waals surface area contributed by atoms with E-state index in [9.17, 15) is 5.11 Å². The number of imidazole rings is 1. The summed E-state index contributed by atoms with van der Waals surface area (Å²) < 4.78 is 7.12. The fourth-order valence-corrected chi connectivity index (χ4v) is 3.67. The first-order valence-electron chi connectivity index (χ1n) is 8.67. The number of fused-ring (bicyclic) bond motifs is 1. The lowest BCUT2D eigenvalue weighted by molar-refractivity contribution is 0.281. The van der Waals surface area contributed by atoms with E-state index in [4.69, 9.17) is 21.3 Å². The summed E-state index contributed by atoms with van der Waals surface area (Å²) in [4.78, 5) is 11.7. The van der Waals surface area contributed by atoms with E-state index in [-0.39, 0.29) is 6.61 Å². The van der Waals surface area contributed by atoms with Crippen LogP contribution in [0.15, 0.2) is 30.6 Å². The lowest BCUT2D eigenvalue weighted by Crippen LogP contribution is -2.20. The summed E-state index contributed by atoms with van der Waals surface area (Å²) in [6.07, 6.45) is 5.06. The van der Waals surface area contributed by atoms with Crippen molar-refractivity contribution in [2.45, 2.75) is 20.0 Å². The van der Waals surface area contributed by atoms with Gasteiger partial charge in [-0.05, 0) is 36.1 Å². The largest absolute Gasteiger partial charge is 0.495 e. The number of benzene rings is 1. The second kappa shape index (κ2) is 6.78. The van der Waals surface area contributed by atoms with Gasteiger partial charge in [-0.3, -0.25) is 4.40 Å². The van der Waals surface area contributed by atoms with E-state index in [0.717, 1.165) is 30.2 Å². The highest BCUT2D eigenvalue weighted by molar-refractivity contribution is 6.32. The first kappa shape index (κ1) is 17.1. The molecule has 136 valence electrons. The molecule has 26 heavy (non-hydrogen) atoms. The van der Waals surface area contributed by atoms with E-state index < -0.39 is 0 Å². The van der Waals surface area contributed by atoms with Crippen molar-refractivity contribution >= 4 is 23.2 Å². The van der Waals surface area contributed by atoms with E-state index in [1.54, 1.807) is 19.2 Å². The summed E-state index contributed by atoms with van der Waals surface area (Å²) in [6.45, 7) is 4.19. The van der Waals surface area contributed by atoms with E-state index in [1.165, 1.54) is 6.42 Å². The Balaban J connectivity index is 1.75. The van der Waals surface area contributed by atoms with E-state index in [0.29, 0.717) is 28.0 Å². The number of hydrogen-bond acceptors (Lipinski definition) is 5. The standard InChI is InChI=1S/C19H21ClN4O2/c1-12-3-5-23(9-12)18-4-6-24-10-16(21-19(24)22-18)14-8-15(20)17(26-2)7-13(14)11-25/h4,6-8,10,12,25H,3,5,9,11H2,1-2H3/t12-/m1/s1. The molecule has 3 heterocycles. The Morgan fingerprint density at radius 3 is 2.88 bits per heavy atom. The van der Waals surface area contributed by atoms with Crippen molar-refractivity contribution in [3.63, 3.8) is 0 Å². The van der Waals surface area contributed by atoms with Gasteiger partial charge in [0.05, 0.1) is 24.4 Å². The predicted molar refractivity (Wildman–Crippen MR) is 102 cm³/mol. The molecule has 1 N–H and O–H groups in total. The first-order chi connectivity index (χ1) is 12.6. The zero-order valence-electron chi connectivity index (χ0n) is 14.8. The summed E-state index contributed by atoms with van der Waals surface area (Å²) in [5.41, 5.74) is 2.21. The van der Waals surface area contributed by atoms with Crippen molar-refractivity contribution in [3.05, 3.63) is 41.2 Å². The smallest absolute Gasteiger partial charge is 0.236 e. The van der Waals surface area contributed by atoms with Crippen molar-refractivity contribution in [1.82, 2.24) is 14.4 Å².